The van der Waals surface area contributed by atoms with Crippen molar-refractivity contribution in [1.82, 2.24) is 0 Å². The second-order valence-corrected chi connectivity index (χ2v) is 10.1. The minimum atomic E-state index is -1.18. The number of nitrogens with two attached hydrogens (primary N) is 3. The molecule has 0 amide bonds. The average molecular weight is 448 g/mol. The summed E-state index contributed by atoms with van der Waals surface area (Å²) in [7, 11) is 0. The van der Waals surface area contributed by atoms with Crippen molar-refractivity contribution in [3.8, 4) is 0 Å². The van der Waals surface area contributed by atoms with Gasteiger partial charge >= 0.3 is 0 Å². The standard InChI is InChI=1S/C21H41N3O7/c1-9(2)14-6-5-11(22)19(29-14)30-17-12(23)7-13(24)18(16(17)26)31-20-15(25)10(3)21(4,27)8-28-20/h9-20,25-27H,5-8,22-24H2,1-4H3. The second-order valence-electron chi connectivity index (χ2n) is 10.1. The van der Waals surface area contributed by atoms with Gasteiger partial charge in [0.15, 0.2) is 12.6 Å². The molecule has 0 aromatic heterocycles. The van der Waals surface area contributed by atoms with Crippen LogP contribution in [-0.4, -0.2) is 88.8 Å². The van der Waals surface area contributed by atoms with Gasteiger partial charge in [-0.1, -0.05) is 20.8 Å². The van der Waals surface area contributed by atoms with Crippen molar-refractivity contribution in [3.05, 3.63) is 0 Å². The van der Waals surface area contributed by atoms with Gasteiger partial charge in [0.05, 0.1) is 24.4 Å². The van der Waals surface area contributed by atoms with E-state index in [1.165, 1.54) is 0 Å². The highest BCUT2D eigenvalue weighted by atomic mass is 16.7. The zero-order valence-electron chi connectivity index (χ0n) is 19.0. The van der Waals surface area contributed by atoms with Crippen LogP contribution in [0.3, 0.4) is 0 Å². The maximum absolute atomic E-state index is 11.1. The molecule has 182 valence electrons. The minimum Gasteiger partial charge on any atom is -0.388 e. The van der Waals surface area contributed by atoms with Gasteiger partial charge in [-0.05, 0) is 32.1 Å². The van der Waals surface area contributed by atoms with Crippen molar-refractivity contribution in [2.45, 2.75) is 114 Å². The largest absolute Gasteiger partial charge is 0.388 e. The van der Waals surface area contributed by atoms with E-state index in [0.29, 0.717) is 12.3 Å². The first-order valence-electron chi connectivity index (χ1n) is 11.4. The van der Waals surface area contributed by atoms with Crippen LogP contribution in [0.25, 0.3) is 0 Å². The fourth-order valence-electron chi connectivity index (χ4n) is 4.61. The monoisotopic (exact) mass is 447 g/mol. The molecule has 0 aromatic rings. The fraction of sp³-hybridized carbons (Fsp3) is 1.00. The van der Waals surface area contributed by atoms with E-state index in [1.54, 1.807) is 13.8 Å². The number of hydrogen-bond donors (Lipinski definition) is 6. The predicted molar refractivity (Wildman–Crippen MR) is 113 cm³/mol. The highest BCUT2D eigenvalue weighted by molar-refractivity contribution is 5.00. The van der Waals surface area contributed by atoms with E-state index in [2.05, 4.69) is 13.8 Å². The Bertz CT molecular complexity index is 579. The van der Waals surface area contributed by atoms with Crippen LogP contribution in [0.1, 0.15) is 47.0 Å². The first-order valence-corrected chi connectivity index (χ1v) is 11.4. The molecule has 31 heavy (non-hydrogen) atoms. The third-order valence-corrected chi connectivity index (χ3v) is 7.14. The van der Waals surface area contributed by atoms with Crippen molar-refractivity contribution in [2.24, 2.45) is 29.0 Å². The first-order chi connectivity index (χ1) is 14.4. The Labute approximate surface area is 184 Å². The summed E-state index contributed by atoms with van der Waals surface area (Å²) >= 11 is 0. The van der Waals surface area contributed by atoms with E-state index < -0.39 is 60.6 Å². The molecular weight excluding hydrogens is 406 g/mol. The van der Waals surface area contributed by atoms with Crippen LogP contribution < -0.4 is 17.2 Å². The molecule has 0 radical (unpaired) electrons. The van der Waals surface area contributed by atoms with Crippen molar-refractivity contribution < 1.29 is 34.3 Å². The van der Waals surface area contributed by atoms with Crippen LogP contribution in [0.15, 0.2) is 0 Å². The third kappa shape index (κ3) is 5.40. The van der Waals surface area contributed by atoms with E-state index in [0.717, 1.165) is 12.8 Å². The molecule has 1 saturated carbocycles. The summed E-state index contributed by atoms with van der Waals surface area (Å²) in [4.78, 5) is 0. The summed E-state index contributed by atoms with van der Waals surface area (Å²) in [6.07, 6.45) is -3.66. The predicted octanol–water partition coefficient (Wildman–Crippen LogP) is -1.23. The maximum Gasteiger partial charge on any atom is 0.184 e. The molecule has 0 spiro atoms. The summed E-state index contributed by atoms with van der Waals surface area (Å²) in [6.45, 7) is 7.47. The average Bonchev–Trinajstić information content (AvgIpc) is 2.69. The summed E-state index contributed by atoms with van der Waals surface area (Å²) in [5.74, 6) is -0.170. The lowest BCUT2D eigenvalue weighted by molar-refractivity contribution is -0.313. The van der Waals surface area contributed by atoms with Crippen LogP contribution >= 0.6 is 0 Å². The first kappa shape index (κ1) is 25.2. The van der Waals surface area contributed by atoms with E-state index in [-0.39, 0.29) is 18.8 Å². The summed E-state index contributed by atoms with van der Waals surface area (Å²) < 4.78 is 23.6. The Morgan fingerprint density at radius 3 is 2.10 bits per heavy atom. The smallest absolute Gasteiger partial charge is 0.184 e. The minimum absolute atomic E-state index is 0.00521. The SMILES string of the molecule is CC(C)C1CCC(N)C(OC2C(N)CC(N)C(OC3OCC(C)(O)C(C)C3O)C2O)O1. The van der Waals surface area contributed by atoms with Crippen LogP contribution in [0.2, 0.25) is 0 Å². The summed E-state index contributed by atoms with van der Waals surface area (Å²) in [5, 5.41) is 31.9. The van der Waals surface area contributed by atoms with E-state index in [1.807, 2.05) is 0 Å². The maximum atomic E-state index is 11.1. The number of rotatable bonds is 5. The Morgan fingerprint density at radius 2 is 1.52 bits per heavy atom. The molecule has 9 N–H and O–H groups in total. The van der Waals surface area contributed by atoms with Gasteiger partial charge in [-0.15, -0.1) is 0 Å². The molecular formula is C21H41N3O7. The molecule has 0 bridgehead atoms. The van der Waals surface area contributed by atoms with Gasteiger partial charge < -0.3 is 51.5 Å². The second kappa shape index (κ2) is 9.84. The summed E-state index contributed by atoms with van der Waals surface area (Å²) in [5.41, 5.74) is 17.5. The van der Waals surface area contributed by atoms with Gasteiger partial charge in [0, 0.05) is 18.0 Å². The van der Waals surface area contributed by atoms with E-state index in [9.17, 15) is 15.3 Å². The number of aliphatic hydroxyl groups is 3. The number of hydrogen-bond acceptors (Lipinski definition) is 10. The Balaban J connectivity index is 1.68. The Kier molecular flexibility index (Phi) is 8.01. The third-order valence-electron chi connectivity index (χ3n) is 7.14. The van der Waals surface area contributed by atoms with E-state index in [4.69, 9.17) is 36.1 Å². The van der Waals surface area contributed by atoms with Crippen LogP contribution in [0.4, 0.5) is 0 Å². The highest BCUT2D eigenvalue weighted by Crippen LogP contribution is 2.34. The normalized spacial score (nSPS) is 51.8. The van der Waals surface area contributed by atoms with Crippen molar-refractivity contribution in [3.63, 3.8) is 0 Å². The molecule has 10 nitrogen and oxygen atoms in total. The molecule has 2 heterocycles. The van der Waals surface area contributed by atoms with Crippen LogP contribution in [-0.2, 0) is 18.9 Å². The lowest BCUT2D eigenvalue weighted by Gasteiger charge is -2.48. The molecule has 3 fully saturated rings. The van der Waals surface area contributed by atoms with Gasteiger partial charge in [0.1, 0.15) is 24.4 Å². The van der Waals surface area contributed by atoms with Gasteiger partial charge in [-0.2, -0.15) is 0 Å². The molecule has 12 unspecified atom stereocenters. The lowest BCUT2D eigenvalue weighted by atomic mass is 9.83. The highest BCUT2D eigenvalue weighted by Gasteiger charge is 2.50. The Hall–Kier alpha value is -0.400. The summed E-state index contributed by atoms with van der Waals surface area (Å²) in [6, 6.07) is -1.43. The van der Waals surface area contributed by atoms with Crippen molar-refractivity contribution >= 4 is 0 Å². The Morgan fingerprint density at radius 1 is 0.935 bits per heavy atom. The molecule has 2 saturated heterocycles. The molecule has 10 heteroatoms. The number of ether oxygens (including phenoxy) is 4. The molecule has 0 aromatic carbocycles. The topological polar surface area (TPSA) is 176 Å². The van der Waals surface area contributed by atoms with Gasteiger partial charge in [-0.3, -0.25) is 0 Å². The molecule has 1 aliphatic carbocycles. The molecule has 3 aliphatic rings. The molecule has 2 aliphatic heterocycles. The van der Waals surface area contributed by atoms with Crippen molar-refractivity contribution in [1.29, 1.82) is 0 Å². The quantitative estimate of drug-likeness (QED) is 0.299. The van der Waals surface area contributed by atoms with Crippen LogP contribution in [0, 0.1) is 11.8 Å². The van der Waals surface area contributed by atoms with E-state index >= 15 is 0 Å². The molecule has 12 atom stereocenters. The van der Waals surface area contributed by atoms with Crippen molar-refractivity contribution in [2.75, 3.05) is 6.61 Å². The fourth-order valence-corrected chi connectivity index (χ4v) is 4.61. The van der Waals surface area contributed by atoms with Crippen LogP contribution in [0.5, 0.6) is 0 Å². The zero-order chi connectivity index (χ0) is 23.1. The van der Waals surface area contributed by atoms with Gasteiger partial charge in [0.25, 0.3) is 0 Å². The van der Waals surface area contributed by atoms with Gasteiger partial charge in [0.2, 0.25) is 0 Å². The zero-order valence-corrected chi connectivity index (χ0v) is 19.0. The number of aliphatic hydroxyl groups excluding tert-OH is 2. The molecule has 3 rings (SSSR count). The lowest BCUT2D eigenvalue weighted by Crippen LogP contribution is -2.66. The van der Waals surface area contributed by atoms with Gasteiger partial charge in [-0.25, -0.2) is 0 Å².